The fraction of sp³-hybridized carbons (Fsp3) is 1.00. The van der Waals surface area contributed by atoms with Crippen molar-refractivity contribution < 1.29 is 0 Å². The van der Waals surface area contributed by atoms with Crippen LogP contribution in [0.3, 0.4) is 0 Å². The molecule has 2 bridgehead atoms. The maximum atomic E-state index is 2.49. The highest BCUT2D eigenvalue weighted by Gasteiger charge is 2.52. The van der Waals surface area contributed by atoms with Gasteiger partial charge in [-0.25, -0.2) is 0 Å². The van der Waals surface area contributed by atoms with E-state index >= 15 is 0 Å². The number of fused-ring (bicyclic) bond motifs is 3. The summed E-state index contributed by atoms with van der Waals surface area (Å²) < 4.78 is 0. The molecule has 3 rings (SSSR count). The van der Waals surface area contributed by atoms with Gasteiger partial charge in [-0.3, -0.25) is 0 Å². The molecule has 0 aromatic carbocycles. The molecule has 0 aromatic rings. The van der Waals surface area contributed by atoms with Crippen LogP contribution in [0.5, 0.6) is 0 Å². The maximum Gasteiger partial charge on any atom is -0.0295 e. The molecule has 0 aliphatic heterocycles. The van der Waals surface area contributed by atoms with Gasteiger partial charge in [0, 0.05) is 0 Å². The summed E-state index contributed by atoms with van der Waals surface area (Å²) in [4.78, 5) is 0. The normalized spacial score (nSPS) is 51.0. The van der Waals surface area contributed by atoms with Crippen LogP contribution in [0.15, 0.2) is 0 Å². The molecule has 0 saturated heterocycles. The Kier molecular flexibility index (Phi) is 1.79. The van der Waals surface area contributed by atoms with Gasteiger partial charge in [0.05, 0.1) is 0 Å². The van der Waals surface area contributed by atoms with Gasteiger partial charge >= 0.3 is 0 Å². The summed E-state index contributed by atoms with van der Waals surface area (Å²) in [5.41, 5.74) is 0.671. The summed E-state index contributed by atoms with van der Waals surface area (Å²) in [6.45, 7) is 9.89. The van der Waals surface area contributed by atoms with Crippen LogP contribution >= 0.6 is 0 Å². The fourth-order valence-electron chi connectivity index (χ4n) is 3.56. The lowest BCUT2D eigenvalue weighted by atomic mass is 9.52. The minimum absolute atomic E-state index is 0.671. The summed E-state index contributed by atoms with van der Waals surface area (Å²) in [7, 11) is 0. The van der Waals surface area contributed by atoms with E-state index in [1.807, 2.05) is 0 Å². The highest BCUT2D eigenvalue weighted by atomic mass is 14.6. The Bertz CT molecular complexity index is 178. The predicted molar refractivity (Wildman–Crippen MR) is 52.9 cm³/mol. The van der Waals surface area contributed by atoms with Gasteiger partial charge in [0.25, 0.3) is 0 Å². The molecular weight excluding hydrogens is 144 g/mol. The third kappa shape index (κ3) is 0.963. The molecule has 0 heteroatoms. The zero-order valence-corrected chi connectivity index (χ0v) is 8.93. The van der Waals surface area contributed by atoms with Gasteiger partial charge in [-0.1, -0.05) is 34.1 Å². The van der Waals surface area contributed by atoms with Gasteiger partial charge in [-0.05, 0) is 41.9 Å². The minimum Gasteiger partial charge on any atom is -0.0622 e. The van der Waals surface area contributed by atoms with E-state index < -0.39 is 0 Å². The standard InChI is InChI=1S/C12H22/c1-8-5-6-10-7-11(9(8)2)12(10,3)4/h8-11H,5-7H2,1-4H3/t8?,9-,10+,11?/m1/s1. The van der Waals surface area contributed by atoms with E-state index in [1.165, 1.54) is 19.3 Å². The van der Waals surface area contributed by atoms with E-state index in [0.29, 0.717) is 5.41 Å². The second-order valence-corrected chi connectivity index (χ2v) is 5.77. The Hall–Kier alpha value is 0. The first-order chi connectivity index (χ1) is 5.53. The Morgan fingerprint density at radius 3 is 2.33 bits per heavy atom. The van der Waals surface area contributed by atoms with Crippen LogP contribution in [-0.2, 0) is 0 Å². The molecule has 0 radical (unpaired) electrons. The molecule has 4 atom stereocenters. The van der Waals surface area contributed by atoms with E-state index in [4.69, 9.17) is 0 Å². The van der Waals surface area contributed by atoms with Crippen molar-refractivity contribution in [2.45, 2.75) is 47.0 Å². The van der Waals surface area contributed by atoms with Gasteiger partial charge in [0.1, 0.15) is 0 Å². The molecular formula is C12H22. The largest absolute Gasteiger partial charge is 0.0622 e. The Balaban J connectivity index is 2.19. The van der Waals surface area contributed by atoms with Gasteiger partial charge in [0.2, 0.25) is 0 Å². The van der Waals surface area contributed by atoms with E-state index in [9.17, 15) is 0 Å². The number of hydrogen-bond acceptors (Lipinski definition) is 0. The van der Waals surface area contributed by atoms with Crippen LogP contribution in [0.4, 0.5) is 0 Å². The van der Waals surface area contributed by atoms with Crippen molar-refractivity contribution in [2.75, 3.05) is 0 Å². The summed E-state index contributed by atoms with van der Waals surface area (Å²) >= 11 is 0. The third-order valence-electron chi connectivity index (χ3n) is 5.05. The Labute approximate surface area is 76.7 Å². The topological polar surface area (TPSA) is 0 Å². The van der Waals surface area contributed by atoms with E-state index in [-0.39, 0.29) is 0 Å². The number of hydrogen-bond donors (Lipinski definition) is 0. The quantitative estimate of drug-likeness (QED) is 0.514. The van der Waals surface area contributed by atoms with Crippen molar-refractivity contribution in [1.82, 2.24) is 0 Å². The minimum atomic E-state index is 0.671. The van der Waals surface area contributed by atoms with Crippen LogP contribution in [0.25, 0.3) is 0 Å². The van der Waals surface area contributed by atoms with Crippen molar-refractivity contribution in [1.29, 1.82) is 0 Å². The van der Waals surface area contributed by atoms with Crippen molar-refractivity contribution in [3.8, 4) is 0 Å². The average molecular weight is 166 g/mol. The molecule has 3 aliphatic rings. The van der Waals surface area contributed by atoms with Crippen molar-refractivity contribution in [3.63, 3.8) is 0 Å². The summed E-state index contributed by atoms with van der Waals surface area (Å²) in [6.07, 6.45) is 4.50. The second kappa shape index (κ2) is 2.49. The molecule has 3 saturated carbocycles. The molecule has 0 nitrogen and oxygen atoms in total. The Morgan fingerprint density at radius 1 is 1.08 bits per heavy atom. The van der Waals surface area contributed by atoms with E-state index in [0.717, 1.165) is 23.7 Å². The molecule has 0 spiro atoms. The third-order valence-corrected chi connectivity index (χ3v) is 5.05. The van der Waals surface area contributed by atoms with E-state index in [2.05, 4.69) is 27.7 Å². The van der Waals surface area contributed by atoms with Gasteiger partial charge in [0.15, 0.2) is 0 Å². The molecule has 70 valence electrons. The first kappa shape index (κ1) is 8.59. The summed E-state index contributed by atoms with van der Waals surface area (Å²) in [5.74, 6) is 4.02. The summed E-state index contributed by atoms with van der Waals surface area (Å²) in [5, 5.41) is 0. The van der Waals surface area contributed by atoms with Gasteiger partial charge < -0.3 is 0 Å². The highest BCUT2D eigenvalue weighted by Crippen LogP contribution is 2.60. The van der Waals surface area contributed by atoms with Gasteiger partial charge in [-0.15, -0.1) is 0 Å². The van der Waals surface area contributed by atoms with Crippen LogP contribution in [0, 0.1) is 29.1 Å². The van der Waals surface area contributed by atoms with Crippen LogP contribution in [0.1, 0.15) is 47.0 Å². The first-order valence-corrected chi connectivity index (χ1v) is 5.53. The lowest BCUT2D eigenvalue weighted by Gasteiger charge is -2.53. The smallest absolute Gasteiger partial charge is 0.0295 e. The fourth-order valence-corrected chi connectivity index (χ4v) is 3.56. The van der Waals surface area contributed by atoms with Crippen molar-refractivity contribution >= 4 is 0 Å². The average Bonchev–Trinajstić information content (AvgIpc) is 2.18. The molecule has 0 aromatic heterocycles. The SMILES string of the molecule is CC1CC[C@H]2CC([C@@H]1C)C2(C)C. The van der Waals surface area contributed by atoms with E-state index in [1.54, 1.807) is 0 Å². The predicted octanol–water partition coefficient (Wildman–Crippen LogP) is 3.71. The van der Waals surface area contributed by atoms with Crippen LogP contribution in [-0.4, -0.2) is 0 Å². The molecule has 2 unspecified atom stereocenters. The lowest BCUT2D eigenvalue weighted by Crippen LogP contribution is -2.46. The lowest BCUT2D eigenvalue weighted by molar-refractivity contribution is -0.0448. The number of rotatable bonds is 0. The molecule has 3 fully saturated rings. The molecule has 0 heterocycles. The second-order valence-electron chi connectivity index (χ2n) is 5.77. The molecule has 3 aliphatic carbocycles. The van der Waals surface area contributed by atoms with Crippen molar-refractivity contribution in [2.24, 2.45) is 29.1 Å². The monoisotopic (exact) mass is 166 g/mol. The summed E-state index contributed by atoms with van der Waals surface area (Å²) in [6, 6.07) is 0. The highest BCUT2D eigenvalue weighted by molar-refractivity contribution is 5.01. The molecule has 12 heavy (non-hydrogen) atoms. The Morgan fingerprint density at radius 2 is 1.75 bits per heavy atom. The van der Waals surface area contributed by atoms with Crippen LogP contribution < -0.4 is 0 Å². The molecule has 0 amide bonds. The maximum absolute atomic E-state index is 2.49. The zero-order chi connectivity index (χ0) is 8.93. The van der Waals surface area contributed by atoms with Crippen molar-refractivity contribution in [3.05, 3.63) is 0 Å². The zero-order valence-electron chi connectivity index (χ0n) is 8.93. The first-order valence-electron chi connectivity index (χ1n) is 5.53. The van der Waals surface area contributed by atoms with Crippen LogP contribution in [0.2, 0.25) is 0 Å². The molecule has 0 N–H and O–H groups in total. The van der Waals surface area contributed by atoms with Gasteiger partial charge in [-0.2, -0.15) is 0 Å².